The molecule has 0 amide bonds. The fourth-order valence-corrected chi connectivity index (χ4v) is 1.99. The zero-order valence-electron chi connectivity index (χ0n) is 7.40. The summed E-state index contributed by atoms with van der Waals surface area (Å²) in [6.07, 6.45) is 1.87. The highest BCUT2D eigenvalue weighted by molar-refractivity contribution is 9.10. The van der Waals surface area contributed by atoms with Gasteiger partial charge in [-0.3, -0.25) is 10.1 Å². The molecule has 0 spiro atoms. The molecule has 0 aliphatic heterocycles. The maximum atomic E-state index is 10.6. The third-order valence-electron chi connectivity index (χ3n) is 2.15. The largest absolute Gasteiger partial charge is 0.350 e. The van der Waals surface area contributed by atoms with Crippen molar-refractivity contribution in [2.24, 2.45) is 7.05 Å². The van der Waals surface area contributed by atoms with E-state index in [1.807, 2.05) is 23.9 Å². The molecule has 4 nitrogen and oxygen atoms in total. The molecule has 0 unspecified atom stereocenters. The van der Waals surface area contributed by atoms with Crippen molar-refractivity contribution in [2.75, 3.05) is 0 Å². The summed E-state index contributed by atoms with van der Waals surface area (Å²) < 4.78 is 2.61. The summed E-state index contributed by atoms with van der Waals surface area (Å²) in [7, 11) is 1.86. The molecule has 0 saturated heterocycles. The lowest BCUT2D eigenvalue weighted by Gasteiger charge is -1.98. The first-order valence-corrected chi connectivity index (χ1v) is 4.78. The number of nitrogens with zero attached hydrogens (tertiary/aromatic N) is 2. The molecular formula is C9H7BrN2O2. The van der Waals surface area contributed by atoms with Gasteiger partial charge in [0.25, 0.3) is 5.69 Å². The van der Waals surface area contributed by atoms with Crippen LogP contribution in [0.4, 0.5) is 5.69 Å². The molecule has 1 heterocycles. The van der Waals surface area contributed by atoms with Crippen LogP contribution in [0.25, 0.3) is 10.9 Å². The van der Waals surface area contributed by atoms with Crippen molar-refractivity contribution in [3.05, 3.63) is 39.0 Å². The van der Waals surface area contributed by atoms with Gasteiger partial charge in [0.15, 0.2) is 0 Å². The molecule has 0 bridgehead atoms. The van der Waals surface area contributed by atoms with Crippen LogP contribution in [0.5, 0.6) is 0 Å². The zero-order valence-corrected chi connectivity index (χ0v) is 8.98. The van der Waals surface area contributed by atoms with Crippen LogP contribution in [-0.2, 0) is 7.05 Å². The number of hydrogen-bond donors (Lipinski definition) is 0. The Morgan fingerprint density at radius 3 is 2.86 bits per heavy atom. The number of aromatic nitrogens is 1. The number of fused-ring (bicyclic) bond motifs is 1. The van der Waals surface area contributed by atoms with Gasteiger partial charge in [-0.1, -0.05) is 0 Å². The highest BCUT2D eigenvalue weighted by atomic mass is 79.9. The Morgan fingerprint density at radius 1 is 1.50 bits per heavy atom. The Morgan fingerprint density at radius 2 is 2.21 bits per heavy atom. The predicted molar refractivity (Wildman–Crippen MR) is 57.3 cm³/mol. The second kappa shape index (κ2) is 3.09. The molecule has 0 fully saturated rings. The number of non-ortho nitro benzene ring substituents is 1. The Hall–Kier alpha value is -1.36. The Bertz CT molecular complexity index is 519. The number of aryl methyl sites for hydroxylation is 1. The van der Waals surface area contributed by atoms with Crippen LogP contribution in [0.2, 0.25) is 0 Å². The van der Waals surface area contributed by atoms with E-state index in [0.29, 0.717) is 0 Å². The molecule has 5 heteroatoms. The van der Waals surface area contributed by atoms with Crippen LogP contribution in [0.15, 0.2) is 28.9 Å². The lowest BCUT2D eigenvalue weighted by molar-refractivity contribution is -0.384. The van der Waals surface area contributed by atoms with Gasteiger partial charge in [0, 0.05) is 35.2 Å². The van der Waals surface area contributed by atoms with Gasteiger partial charge in [0.2, 0.25) is 0 Å². The summed E-state index contributed by atoms with van der Waals surface area (Å²) in [4.78, 5) is 10.2. The second-order valence-corrected chi connectivity index (χ2v) is 3.90. The Labute approximate surface area is 88.4 Å². The highest BCUT2D eigenvalue weighted by Gasteiger charge is 2.11. The molecular weight excluding hydrogens is 248 g/mol. The average Bonchev–Trinajstić information content (AvgIpc) is 2.48. The van der Waals surface area contributed by atoms with E-state index in [9.17, 15) is 10.1 Å². The van der Waals surface area contributed by atoms with Gasteiger partial charge in [-0.2, -0.15) is 0 Å². The number of benzene rings is 1. The van der Waals surface area contributed by atoms with Crippen molar-refractivity contribution in [3.63, 3.8) is 0 Å². The topological polar surface area (TPSA) is 48.1 Å². The van der Waals surface area contributed by atoms with Crippen LogP contribution < -0.4 is 0 Å². The van der Waals surface area contributed by atoms with Crippen molar-refractivity contribution in [3.8, 4) is 0 Å². The maximum absolute atomic E-state index is 10.6. The van der Waals surface area contributed by atoms with Crippen molar-refractivity contribution in [1.82, 2.24) is 4.57 Å². The van der Waals surface area contributed by atoms with E-state index >= 15 is 0 Å². The van der Waals surface area contributed by atoms with E-state index < -0.39 is 4.92 Å². The average molecular weight is 255 g/mol. The molecule has 2 aromatic rings. The van der Waals surface area contributed by atoms with E-state index in [4.69, 9.17) is 0 Å². The lowest BCUT2D eigenvalue weighted by atomic mass is 10.2. The quantitative estimate of drug-likeness (QED) is 0.581. The lowest BCUT2D eigenvalue weighted by Crippen LogP contribution is -1.90. The standard InChI is InChI=1S/C9H7BrN2O2/c1-11-3-2-7-8(10)4-6(12(13)14)5-9(7)11/h2-5H,1H3. The van der Waals surface area contributed by atoms with Gasteiger partial charge >= 0.3 is 0 Å². The monoisotopic (exact) mass is 254 g/mol. The van der Waals surface area contributed by atoms with E-state index in [-0.39, 0.29) is 5.69 Å². The Kier molecular flexibility index (Phi) is 2.03. The minimum atomic E-state index is -0.392. The van der Waals surface area contributed by atoms with Crippen molar-refractivity contribution in [2.45, 2.75) is 0 Å². The number of nitro groups is 1. The van der Waals surface area contributed by atoms with Crippen molar-refractivity contribution in [1.29, 1.82) is 0 Å². The van der Waals surface area contributed by atoms with E-state index in [1.165, 1.54) is 6.07 Å². The SMILES string of the molecule is Cn1ccc2c(Br)cc([N+](=O)[O-])cc21. The maximum Gasteiger partial charge on any atom is 0.272 e. The van der Waals surface area contributed by atoms with Crippen LogP contribution in [0.1, 0.15) is 0 Å². The summed E-state index contributed by atoms with van der Waals surface area (Å²) in [6, 6.07) is 5.01. The molecule has 0 N–H and O–H groups in total. The number of nitro benzene ring substituents is 1. The van der Waals surface area contributed by atoms with Gasteiger partial charge in [0.1, 0.15) is 0 Å². The van der Waals surface area contributed by atoms with Gasteiger partial charge in [-0.05, 0) is 22.0 Å². The predicted octanol–water partition coefficient (Wildman–Crippen LogP) is 2.85. The summed E-state index contributed by atoms with van der Waals surface area (Å²) in [6.45, 7) is 0. The first kappa shape index (κ1) is 9.21. The molecule has 0 atom stereocenters. The highest BCUT2D eigenvalue weighted by Crippen LogP contribution is 2.29. The van der Waals surface area contributed by atoms with Crippen LogP contribution in [0, 0.1) is 10.1 Å². The molecule has 1 aromatic carbocycles. The van der Waals surface area contributed by atoms with Crippen molar-refractivity contribution >= 4 is 32.5 Å². The number of rotatable bonds is 1. The molecule has 0 aliphatic carbocycles. The number of hydrogen-bond acceptors (Lipinski definition) is 2. The van der Waals surface area contributed by atoms with Crippen LogP contribution in [-0.4, -0.2) is 9.49 Å². The molecule has 0 saturated carbocycles. The second-order valence-electron chi connectivity index (χ2n) is 3.04. The molecule has 0 radical (unpaired) electrons. The van der Waals surface area contributed by atoms with Gasteiger partial charge < -0.3 is 4.57 Å². The summed E-state index contributed by atoms with van der Waals surface area (Å²) >= 11 is 3.31. The molecule has 0 aliphatic rings. The van der Waals surface area contributed by atoms with Crippen LogP contribution in [0.3, 0.4) is 0 Å². The molecule has 72 valence electrons. The number of halogens is 1. The fraction of sp³-hybridized carbons (Fsp3) is 0.111. The third-order valence-corrected chi connectivity index (χ3v) is 2.80. The van der Waals surface area contributed by atoms with E-state index in [0.717, 1.165) is 15.4 Å². The van der Waals surface area contributed by atoms with Gasteiger partial charge in [0.05, 0.1) is 10.4 Å². The molecule has 14 heavy (non-hydrogen) atoms. The summed E-state index contributed by atoms with van der Waals surface area (Å²) in [5.41, 5.74) is 0.956. The first-order valence-electron chi connectivity index (χ1n) is 3.98. The first-order chi connectivity index (χ1) is 6.59. The van der Waals surface area contributed by atoms with Crippen molar-refractivity contribution < 1.29 is 4.92 Å². The minimum Gasteiger partial charge on any atom is -0.350 e. The fourth-order valence-electron chi connectivity index (χ4n) is 1.42. The summed E-state index contributed by atoms with van der Waals surface area (Å²) in [5, 5.41) is 11.6. The Balaban J connectivity index is 2.82. The molecule has 2 rings (SSSR count). The smallest absolute Gasteiger partial charge is 0.272 e. The van der Waals surface area contributed by atoms with E-state index in [1.54, 1.807) is 6.07 Å². The zero-order chi connectivity index (χ0) is 10.3. The van der Waals surface area contributed by atoms with Gasteiger partial charge in [-0.15, -0.1) is 0 Å². The minimum absolute atomic E-state index is 0.103. The summed E-state index contributed by atoms with van der Waals surface area (Å²) in [5.74, 6) is 0. The van der Waals surface area contributed by atoms with E-state index in [2.05, 4.69) is 15.9 Å². The van der Waals surface area contributed by atoms with Crippen LogP contribution >= 0.6 is 15.9 Å². The molecule has 1 aromatic heterocycles. The normalized spacial score (nSPS) is 10.7. The third kappa shape index (κ3) is 1.29. The van der Waals surface area contributed by atoms with Gasteiger partial charge in [-0.25, -0.2) is 0 Å².